The van der Waals surface area contributed by atoms with E-state index in [1.54, 1.807) is 36.4 Å². The summed E-state index contributed by atoms with van der Waals surface area (Å²) in [6.45, 7) is 0.111. The van der Waals surface area contributed by atoms with Gasteiger partial charge in [0.1, 0.15) is 0 Å². The molecule has 0 fully saturated rings. The Balaban J connectivity index is 1.57. The second-order valence-electron chi connectivity index (χ2n) is 6.04. The Morgan fingerprint density at radius 2 is 1.93 bits per heavy atom. The molecule has 2 aromatic rings. The lowest BCUT2D eigenvalue weighted by atomic mass is 9.90. The fourth-order valence-electron chi connectivity index (χ4n) is 2.86. The average molecular weight is 408 g/mol. The number of sulfonamides is 1. The first-order valence-corrected chi connectivity index (χ1v) is 10.1. The molecule has 9 heteroatoms. The fraction of sp³-hybridized carbons (Fsp3) is 0.222. The first kappa shape index (κ1) is 19.3. The Bertz CT molecular complexity index is 978. The van der Waals surface area contributed by atoms with E-state index in [1.807, 2.05) is 0 Å². The van der Waals surface area contributed by atoms with Gasteiger partial charge in [0, 0.05) is 30.2 Å². The second-order valence-corrected chi connectivity index (χ2v) is 8.24. The molecule has 0 bridgehead atoms. The van der Waals surface area contributed by atoms with Gasteiger partial charge in [-0.05, 0) is 29.8 Å². The number of para-hydroxylation sites is 1. The summed E-state index contributed by atoms with van der Waals surface area (Å²) in [7, 11) is -3.71. The largest absolute Gasteiger partial charge is 0.354 e. The van der Waals surface area contributed by atoms with Gasteiger partial charge in [-0.25, -0.2) is 13.1 Å². The molecule has 0 radical (unpaired) electrons. The zero-order chi connectivity index (χ0) is 19.4. The summed E-state index contributed by atoms with van der Waals surface area (Å²) in [4.78, 5) is 24.3. The predicted molar refractivity (Wildman–Crippen MR) is 102 cm³/mol. The zero-order valence-corrected chi connectivity index (χ0v) is 15.8. The highest BCUT2D eigenvalue weighted by Gasteiger charge is 2.30. The van der Waals surface area contributed by atoms with Crippen molar-refractivity contribution >= 4 is 39.1 Å². The van der Waals surface area contributed by atoms with Crippen LogP contribution in [0.15, 0.2) is 53.4 Å². The molecule has 0 aliphatic carbocycles. The van der Waals surface area contributed by atoms with Gasteiger partial charge in [0.2, 0.25) is 21.8 Å². The van der Waals surface area contributed by atoms with Crippen LogP contribution in [0, 0.1) is 0 Å². The first-order valence-electron chi connectivity index (χ1n) is 8.28. The summed E-state index contributed by atoms with van der Waals surface area (Å²) in [5, 5.41) is 5.73. The van der Waals surface area contributed by atoms with Crippen molar-refractivity contribution in [2.45, 2.75) is 17.2 Å². The van der Waals surface area contributed by atoms with Crippen molar-refractivity contribution in [3.8, 4) is 0 Å². The van der Waals surface area contributed by atoms with Crippen LogP contribution in [0.3, 0.4) is 0 Å². The van der Waals surface area contributed by atoms with Gasteiger partial charge in [-0.2, -0.15) is 0 Å². The van der Waals surface area contributed by atoms with E-state index in [2.05, 4.69) is 15.4 Å². The number of nitrogens with one attached hydrogen (secondary N) is 3. The van der Waals surface area contributed by atoms with Gasteiger partial charge < -0.3 is 10.6 Å². The minimum atomic E-state index is -3.71. The number of fused-ring (bicyclic) bond motifs is 1. The number of benzene rings is 2. The third-order valence-electron chi connectivity index (χ3n) is 4.14. The molecular weight excluding hydrogens is 390 g/mol. The van der Waals surface area contributed by atoms with Gasteiger partial charge in [0.15, 0.2) is 0 Å². The van der Waals surface area contributed by atoms with Crippen LogP contribution in [0.4, 0.5) is 5.69 Å². The quantitative estimate of drug-likeness (QED) is 0.635. The molecule has 3 rings (SSSR count). The maximum atomic E-state index is 12.5. The third kappa shape index (κ3) is 4.65. The Kier molecular flexibility index (Phi) is 5.79. The Morgan fingerprint density at radius 1 is 1.15 bits per heavy atom. The minimum absolute atomic E-state index is 0.0150. The molecule has 0 saturated heterocycles. The summed E-state index contributed by atoms with van der Waals surface area (Å²) >= 11 is 5.81. The van der Waals surface area contributed by atoms with E-state index in [0.717, 1.165) is 5.56 Å². The lowest BCUT2D eigenvalue weighted by Gasteiger charge is -2.24. The van der Waals surface area contributed by atoms with E-state index in [4.69, 9.17) is 11.6 Å². The molecule has 2 amide bonds. The molecule has 2 aromatic carbocycles. The number of hydrogen-bond acceptors (Lipinski definition) is 4. The maximum Gasteiger partial charge on any atom is 0.240 e. The maximum absolute atomic E-state index is 12.5. The molecule has 1 unspecified atom stereocenters. The van der Waals surface area contributed by atoms with Gasteiger partial charge >= 0.3 is 0 Å². The number of carbonyl (C=O) groups is 2. The van der Waals surface area contributed by atoms with Gasteiger partial charge in [0.05, 0.1) is 10.8 Å². The van der Waals surface area contributed by atoms with Crippen molar-refractivity contribution in [3.05, 3.63) is 59.1 Å². The van der Waals surface area contributed by atoms with Crippen molar-refractivity contribution < 1.29 is 18.0 Å². The van der Waals surface area contributed by atoms with E-state index in [9.17, 15) is 18.0 Å². The SMILES string of the molecule is O=C1CC(C(=O)NCCNS(=O)(=O)c2cccc(Cl)c2)c2ccccc2N1. The van der Waals surface area contributed by atoms with E-state index < -0.39 is 15.9 Å². The summed E-state index contributed by atoms with van der Waals surface area (Å²) in [5.74, 6) is -1.14. The van der Waals surface area contributed by atoms with Crippen LogP contribution in [-0.4, -0.2) is 33.3 Å². The van der Waals surface area contributed by atoms with Gasteiger partial charge in [-0.3, -0.25) is 9.59 Å². The lowest BCUT2D eigenvalue weighted by Crippen LogP contribution is -2.39. The molecule has 1 heterocycles. The Hall–Kier alpha value is -2.42. The van der Waals surface area contributed by atoms with Gasteiger partial charge in [0.25, 0.3) is 0 Å². The molecule has 142 valence electrons. The molecule has 27 heavy (non-hydrogen) atoms. The number of rotatable bonds is 6. The first-order chi connectivity index (χ1) is 12.9. The highest BCUT2D eigenvalue weighted by atomic mass is 35.5. The van der Waals surface area contributed by atoms with E-state index in [1.165, 1.54) is 12.1 Å². The van der Waals surface area contributed by atoms with E-state index in [-0.39, 0.29) is 36.2 Å². The standard InChI is InChI=1S/C18H18ClN3O4S/c19-12-4-3-5-13(10-12)27(25,26)21-9-8-20-18(24)15-11-17(23)22-16-7-2-1-6-14(15)16/h1-7,10,15,21H,8-9,11H2,(H,20,24)(H,22,23). The lowest BCUT2D eigenvalue weighted by molar-refractivity contribution is -0.126. The number of hydrogen-bond donors (Lipinski definition) is 3. The molecular formula is C18H18ClN3O4S. The topological polar surface area (TPSA) is 104 Å². The molecule has 1 atom stereocenters. The third-order valence-corrected chi connectivity index (χ3v) is 5.83. The van der Waals surface area contributed by atoms with Gasteiger partial charge in [-0.15, -0.1) is 0 Å². The van der Waals surface area contributed by atoms with Crippen LogP contribution in [0.25, 0.3) is 0 Å². The predicted octanol–water partition coefficient (Wildman–Crippen LogP) is 1.86. The molecule has 0 saturated carbocycles. The smallest absolute Gasteiger partial charge is 0.240 e. The van der Waals surface area contributed by atoms with Gasteiger partial charge in [-0.1, -0.05) is 35.9 Å². The minimum Gasteiger partial charge on any atom is -0.354 e. The Morgan fingerprint density at radius 3 is 2.70 bits per heavy atom. The van der Waals surface area contributed by atoms with Crippen LogP contribution in [0.1, 0.15) is 17.9 Å². The highest BCUT2D eigenvalue weighted by Crippen LogP contribution is 2.31. The van der Waals surface area contributed by atoms with Crippen LogP contribution < -0.4 is 15.4 Å². The fourth-order valence-corrected chi connectivity index (χ4v) is 4.19. The number of anilines is 1. The normalized spacial score (nSPS) is 16.3. The Labute approximate surface area is 162 Å². The molecule has 0 spiro atoms. The monoisotopic (exact) mass is 407 g/mol. The van der Waals surface area contributed by atoms with Crippen molar-refractivity contribution in [2.24, 2.45) is 0 Å². The zero-order valence-electron chi connectivity index (χ0n) is 14.2. The number of halogens is 1. The summed E-state index contributed by atoms with van der Waals surface area (Å²) in [6.07, 6.45) is 0.0527. The number of amides is 2. The molecule has 3 N–H and O–H groups in total. The average Bonchev–Trinajstić information content (AvgIpc) is 2.64. The molecule has 1 aliphatic rings. The van der Waals surface area contributed by atoms with Crippen LogP contribution in [-0.2, 0) is 19.6 Å². The van der Waals surface area contributed by atoms with E-state index >= 15 is 0 Å². The molecule has 7 nitrogen and oxygen atoms in total. The molecule has 0 aromatic heterocycles. The van der Waals surface area contributed by atoms with Crippen LogP contribution in [0.2, 0.25) is 5.02 Å². The molecule has 1 aliphatic heterocycles. The van der Waals surface area contributed by atoms with Crippen molar-refractivity contribution in [3.63, 3.8) is 0 Å². The van der Waals surface area contributed by atoms with Crippen molar-refractivity contribution in [1.29, 1.82) is 0 Å². The van der Waals surface area contributed by atoms with Crippen molar-refractivity contribution in [1.82, 2.24) is 10.0 Å². The number of carbonyl (C=O) groups excluding carboxylic acids is 2. The van der Waals surface area contributed by atoms with Crippen molar-refractivity contribution in [2.75, 3.05) is 18.4 Å². The summed E-state index contributed by atoms with van der Waals surface area (Å²) in [5.41, 5.74) is 1.37. The summed E-state index contributed by atoms with van der Waals surface area (Å²) < 4.78 is 26.8. The van der Waals surface area contributed by atoms with Crippen LogP contribution in [0.5, 0.6) is 0 Å². The summed E-state index contributed by atoms with van der Waals surface area (Å²) in [6, 6.07) is 13.0. The highest BCUT2D eigenvalue weighted by molar-refractivity contribution is 7.89. The van der Waals surface area contributed by atoms with Crippen LogP contribution >= 0.6 is 11.6 Å². The second kappa shape index (κ2) is 8.08. The van der Waals surface area contributed by atoms with E-state index in [0.29, 0.717) is 10.7 Å².